The van der Waals surface area contributed by atoms with Gasteiger partial charge in [-0.2, -0.15) is 0 Å². The van der Waals surface area contributed by atoms with E-state index in [1.165, 1.54) is 32.1 Å². The third kappa shape index (κ3) is 2.34. The molecule has 3 unspecified atom stereocenters. The van der Waals surface area contributed by atoms with Crippen molar-refractivity contribution in [3.05, 3.63) is 11.6 Å². The summed E-state index contributed by atoms with van der Waals surface area (Å²) in [5.41, 5.74) is 1.57. The van der Waals surface area contributed by atoms with Crippen LogP contribution in [0.4, 0.5) is 0 Å². The normalized spacial score (nSPS) is 36.7. The molecule has 0 amide bonds. The van der Waals surface area contributed by atoms with Crippen LogP contribution in [0.15, 0.2) is 11.6 Å². The van der Waals surface area contributed by atoms with Gasteiger partial charge >= 0.3 is 0 Å². The second kappa shape index (κ2) is 4.70. The third-order valence-corrected chi connectivity index (χ3v) is 4.29. The van der Waals surface area contributed by atoms with Crippen LogP contribution < -0.4 is 0 Å². The van der Waals surface area contributed by atoms with Crippen molar-refractivity contribution in [2.45, 2.75) is 45.4 Å². The van der Waals surface area contributed by atoms with E-state index in [1.54, 1.807) is 5.57 Å². The lowest BCUT2D eigenvalue weighted by Crippen LogP contribution is -2.10. The van der Waals surface area contributed by atoms with Crippen LogP contribution in [0.2, 0.25) is 0 Å². The molecule has 0 nitrogen and oxygen atoms in total. The van der Waals surface area contributed by atoms with Gasteiger partial charge in [-0.05, 0) is 56.8 Å². The van der Waals surface area contributed by atoms with E-state index in [9.17, 15) is 0 Å². The molecule has 2 rings (SSSR count). The minimum Gasteiger partial charge on any atom is -0.126 e. The van der Waals surface area contributed by atoms with E-state index in [4.69, 9.17) is 11.6 Å². The number of alkyl halides is 1. The summed E-state index contributed by atoms with van der Waals surface area (Å²) in [6.45, 7) is 2.28. The van der Waals surface area contributed by atoms with Crippen molar-refractivity contribution < 1.29 is 0 Å². The number of hydrogen-bond acceptors (Lipinski definition) is 0. The van der Waals surface area contributed by atoms with Gasteiger partial charge in [-0.25, -0.2) is 0 Å². The molecule has 1 heteroatoms. The van der Waals surface area contributed by atoms with Gasteiger partial charge in [-0.15, -0.1) is 11.6 Å². The molecule has 0 heterocycles. The van der Waals surface area contributed by atoms with Crippen molar-refractivity contribution in [1.29, 1.82) is 0 Å². The lowest BCUT2D eigenvalue weighted by Gasteiger charge is -2.21. The Bertz CT molecular complexity index is 219. The zero-order valence-corrected chi connectivity index (χ0v) is 9.89. The second-order valence-electron chi connectivity index (χ2n) is 5.17. The summed E-state index contributed by atoms with van der Waals surface area (Å²) in [6, 6.07) is 0. The molecule has 2 aliphatic carbocycles. The number of fused-ring (bicyclic) bond motifs is 2. The van der Waals surface area contributed by atoms with Crippen LogP contribution in [0, 0.1) is 17.8 Å². The van der Waals surface area contributed by atoms with Crippen molar-refractivity contribution >= 4 is 11.6 Å². The zero-order valence-electron chi connectivity index (χ0n) is 9.14. The largest absolute Gasteiger partial charge is 0.126 e. The predicted molar refractivity (Wildman–Crippen MR) is 62.6 cm³/mol. The molecule has 2 fully saturated rings. The Labute approximate surface area is 92.7 Å². The summed E-state index contributed by atoms with van der Waals surface area (Å²) < 4.78 is 0. The number of allylic oxidation sites excluding steroid dienone is 2. The van der Waals surface area contributed by atoms with E-state index >= 15 is 0 Å². The van der Waals surface area contributed by atoms with Gasteiger partial charge in [0, 0.05) is 5.88 Å². The highest BCUT2D eigenvalue weighted by Crippen LogP contribution is 2.50. The molecule has 0 N–H and O–H groups in total. The van der Waals surface area contributed by atoms with E-state index in [2.05, 4.69) is 13.0 Å². The molecule has 0 aromatic carbocycles. The highest BCUT2D eigenvalue weighted by molar-refractivity contribution is 6.17. The summed E-state index contributed by atoms with van der Waals surface area (Å²) in [5, 5.41) is 0. The van der Waals surface area contributed by atoms with Crippen molar-refractivity contribution in [3.63, 3.8) is 0 Å². The topological polar surface area (TPSA) is 0 Å². The van der Waals surface area contributed by atoms with E-state index in [0.29, 0.717) is 0 Å². The fourth-order valence-electron chi connectivity index (χ4n) is 3.42. The maximum Gasteiger partial charge on any atom is 0.0258 e. The molecule has 3 atom stereocenters. The molecular weight excluding hydrogens is 192 g/mol. The highest BCUT2D eigenvalue weighted by atomic mass is 35.5. The van der Waals surface area contributed by atoms with E-state index in [1.807, 2.05) is 0 Å². The molecule has 0 radical (unpaired) electrons. The lowest BCUT2D eigenvalue weighted by atomic mass is 9.84. The quantitative estimate of drug-likeness (QED) is 0.479. The summed E-state index contributed by atoms with van der Waals surface area (Å²) in [5.74, 6) is 3.94. The smallest absolute Gasteiger partial charge is 0.0258 e. The Morgan fingerprint density at radius 1 is 1.36 bits per heavy atom. The van der Waals surface area contributed by atoms with Crippen LogP contribution in [0.1, 0.15) is 45.4 Å². The second-order valence-corrected chi connectivity index (χ2v) is 5.55. The maximum atomic E-state index is 5.68. The van der Waals surface area contributed by atoms with Gasteiger partial charge in [-0.1, -0.05) is 18.1 Å². The van der Waals surface area contributed by atoms with Crippen LogP contribution in [0.3, 0.4) is 0 Å². The van der Waals surface area contributed by atoms with Crippen molar-refractivity contribution in [2.24, 2.45) is 17.8 Å². The lowest BCUT2D eigenvalue weighted by molar-refractivity contribution is 0.331. The van der Waals surface area contributed by atoms with E-state index < -0.39 is 0 Å². The minimum atomic E-state index is 0.772. The number of halogens is 1. The molecule has 80 valence electrons. The molecule has 2 aliphatic rings. The summed E-state index contributed by atoms with van der Waals surface area (Å²) >= 11 is 5.68. The fourth-order valence-corrected chi connectivity index (χ4v) is 3.53. The van der Waals surface area contributed by atoms with E-state index in [0.717, 1.165) is 30.1 Å². The molecule has 0 spiro atoms. The molecule has 0 saturated heterocycles. The van der Waals surface area contributed by atoms with Crippen LogP contribution in [-0.2, 0) is 0 Å². The SMILES string of the molecule is CC(=CCCCl)CC1CC2CCC1C2. The Morgan fingerprint density at radius 3 is 2.79 bits per heavy atom. The average Bonchev–Trinajstić information content (AvgIpc) is 2.76. The monoisotopic (exact) mass is 212 g/mol. The third-order valence-electron chi connectivity index (χ3n) is 4.07. The van der Waals surface area contributed by atoms with Crippen LogP contribution in [0.5, 0.6) is 0 Å². The summed E-state index contributed by atoms with van der Waals surface area (Å²) in [7, 11) is 0. The molecule has 14 heavy (non-hydrogen) atoms. The van der Waals surface area contributed by atoms with Gasteiger partial charge in [0.1, 0.15) is 0 Å². The number of hydrogen-bond donors (Lipinski definition) is 0. The zero-order chi connectivity index (χ0) is 9.97. The molecule has 2 bridgehead atoms. The Hall–Kier alpha value is 0.0300. The molecule has 0 aliphatic heterocycles. The van der Waals surface area contributed by atoms with Gasteiger partial charge in [0.25, 0.3) is 0 Å². The molecular formula is C13H21Cl. The Morgan fingerprint density at radius 2 is 2.21 bits per heavy atom. The molecule has 0 aromatic heterocycles. The Balaban J connectivity index is 1.80. The van der Waals surface area contributed by atoms with Crippen LogP contribution in [-0.4, -0.2) is 5.88 Å². The predicted octanol–water partition coefficient (Wildman–Crippen LogP) is 4.39. The summed E-state index contributed by atoms with van der Waals surface area (Å²) in [6.07, 6.45) is 10.8. The van der Waals surface area contributed by atoms with Crippen molar-refractivity contribution in [3.8, 4) is 0 Å². The first-order valence-corrected chi connectivity index (χ1v) is 6.54. The van der Waals surface area contributed by atoms with Gasteiger partial charge in [0.15, 0.2) is 0 Å². The van der Waals surface area contributed by atoms with Crippen LogP contribution in [0.25, 0.3) is 0 Å². The Kier molecular flexibility index (Phi) is 3.54. The van der Waals surface area contributed by atoms with Crippen LogP contribution >= 0.6 is 11.6 Å². The van der Waals surface area contributed by atoms with Crippen molar-refractivity contribution in [2.75, 3.05) is 5.88 Å². The van der Waals surface area contributed by atoms with Gasteiger partial charge < -0.3 is 0 Å². The average molecular weight is 213 g/mol. The van der Waals surface area contributed by atoms with Gasteiger partial charge in [-0.3, -0.25) is 0 Å². The first-order valence-electron chi connectivity index (χ1n) is 6.01. The maximum absolute atomic E-state index is 5.68. The first-order chi connectivity index (χ1) is 6.79. The summed E-state index contributed by atoms with van der Waals surface area (Å²) in [4.78, 5) is 0. The first kappa shape index (κ1) is 10.5. The van der Waals surface area contributed by atoms with Crippen molar-refractivity contribution in [1.82, 2.24) is 0 Å². The number of rotatable bonds is 4. The van der Waals surface area contributed by atoms with Gasteiger partial charge in [0.05, 0.1) is 0 Å². The molecule has 0 aromatic rings. The van der Waals surface area contributed by atoms with Gasteiger partial charge in [0.2, 0.25) is 0 Å². The minimum absolute atomic E-state index is 0.772. The highest BCUT2D eigenvalue weighted by Gasteiger charge is 2.38. The molecule has 2 saturated carbocycles. The fraction of sp³-hybridized carbons (Fsp3) is 0.846. The standard InChI is InChI=1S/C13H21Cl/c1-10(3-2-6-14)7-13-9-11-4-5-12(13)8-11/h3,11-13H,2,4-9H2,1H3. The van der Waals surface area contributed by atoms with E-state index in [-0.39, 0.29) is 0 Å².